The van der Waals surface area contributed by atoms with E-state index in [9.17, 15) is 0 Å². The van der Waals surface area contributed by atoms with E-state index < -0.39 is 0 Å². The lowest BCUT2D eigenvalue weighted by Crippen LogP contribution is -1.93. The van der Waals surface area contributed by atoms with E-state index in [0.29, 0.717) is 0 Å². The van der Waals surface area contributed by atoms with E-state index in [1.54, 1.807) is 0 Å². The topological polar surface area (TPSA) is 38.9 Å². The van der Waals surface area contributed by atoms with Gasteiger partial charge in [0, 0.05) is 27.1 Å². The maximum Gasteiger partial charge on any atom is 0.144 e. The van der Waals surface area contributed by atoms with Gasteiger partial charge in [-0.1, -0.05) is 91.0 Å². The van der Waals surface area contributed by atoms with Crippen LogP contribution in [0.1, 0.15) is 0 Å². The number of nitrogens with zero attached hydrogens (tertiary/aromatic N) is 2. The normalized spacial score (nSPS) is 11.8. The van der Waals surface area contributed by atoms with Crippen LogP contribution in [0, 0.1) is 0 Å². The second-order valence-electron chi connectivity index (χ2n) is 9.38. The van der Waals surface area contributed by atoms with Gasteiger partial charge >= 0.3 is 0 Å². The first-order valence-electron chi connectivity index (χ1n) is 12.4. The first-order valence-corrected chi connectivity index (χ1v) is 12.4. The van der Waals surface area contributed by atoms with E-state index >= 15 is 0 Å². The van der Waals surface area contributed by atoms with Crippen molar-refractivity contribution in [3.63, 3.8) is 0 Å². The van der Waals surface area contributed by atoms with Gasteiger partial charge in [0.15, 0.2) is 0 Å². The Hall–Kier alpha value is -5.02. The summed E-state index contributed by atoms with van der Waals surface area (Å²) >= 11 is 0. The zero-order chi connectivity index (χ0) is 24.3. The van der Waals surface area contributed by atoms with Crippen molar-refractivity contribution < 1.29 is 4.42 Å². The van der Waals surface area contributed by atoms with Crippen LogP contribution in [0.4, 0.5) is 0 Å². The number of aromatic nitrogens is 2. The Morgan fingerprint density at radius 1 is 0.459 bits per heavy atom. The number of fused-ring (bicyclic) bond motifs is 8. The average Bonchev–Trinajstić information content (AvgIpc) is 3.36. The van der Waals surface area contributed by atoms with Gasteiger partial charge in [-0.25, -0.2) is 9.97 Å². The Morgan fingerprint density at radius 2 is 1.16 bits per heavy atom. The van der Waals surface area contributed by atoms with Crippen molar-refractivity contribution in [1.82, 2.24) is 9.97 Å². The summed E-state index contributed by atoms with van der Waals surface area (Å²) in [6.07, 6.45) is 0. The molecule has 0 aliphatic heterocycles. The average molecular weight is 473 g/mol. The summed E-state index contributed by atoms with van der Waals surface area (Å²) in [7, 11) is 0. The summed E-state index contributed by atoms with van der Waals surface area (Å²) in [6.45, 7) is 0. The number of para-hydroxylation sites is 2. The van der Waals surface area contributed by atoms with E-state index in [0.717, 1.165) is 60.9 Å². The van der Waals surface area contributed by atoms with Crippen LogP contribution >= 0.6 is 0 Å². The molecule has 3 aromatic heterocycles. The molecule has 172 valence electrons. The molecule has 3 heteroatoms. The molecular weight excluding hydrogens is 452 g/mol. The molecule has 0 saturated carbocycles. The highest BCUT2D eigenvalue weighted by atomic mass is 16.3. The van der Waals surface area contributed by atoms with Crippen molar-refractivity contribution in [3.8, 4) is 22.6 Å². The van der Waals surface area contributed by atoms with Crippen LogP contribution in [0.15, 0.2) is 126 Å². The molecule has 0 spiro atoms. The van der Waals surface area contributed by atoms with Crippen LogP contribution in [0.25, 0.3) is 77.0 Å². The third-order valence-corrected chi connectivity index (χ3v) is 7.26. The summed E-state index contributed by atoms with van der Waals surface area (Å²) in [4.78, 5) is 10.2. The molecule has 0 fully saturated rings. The fourth-order valence-electron chi connectivity index (χ4n) is 5.59. The number of hydrogen-bond acceptors (Lipinski definition) is 3. The first-order chi connectivity index (χ1) is 18.3. The van der Waals surface area contributed by atoms with Crippen LogP contribution < -0.4 is 0 Å². The Bertz CT molecular complexity index is 2160. The van der Waals surface area contributed by atoms with Crippen molar-refractivity contribution in [2.24, 2.45) is 0 Å². The standard InChI is InChI=1S/C34H20N2O/c1-2-10-22-21(9-1)19-20-31-32(22)27-15-7-14-26(34(27)37-31)29-17-8-18-30(35-29)33-25-13-4-3-11-23(25)24-12-5-6-16-28(24)36-33/h1-20H. The molecule has 0 bridgehead atoms. The van der Waals surface area contributed by atoms with Crippen LogP contribution in [-0.2, 0) is 0 Å². The molecule has 8 aromatic rings. The maximum absolute atomic E-state index is 6.46. The third kappa shape index (κ3) is 3.01. The van der Waals surface area contributed by atoms with Crippen molar-refractivity contribution >= 4 is 54.4 Å². The number of furan rings is 1. The van der Waals surface area contributed by atoms with Crippen molar-refractivity contribution in [1.29, 1.82) is 0 Å². The van der Waals surface area contributed by atoms with Gasteiger partial charge in [-0.15, -0.1) is 0 Å². The van der Waals surface area contributed by atoms with Crippen LogP contribution in [0.3, 0.4) is 0 Å². The zero-order valence-electron chi connectivity index (χ0n) is 19.8. The van der Waals surface area contributed by atoms with E-state index in [4.69, 9.17) is 14.4 Å². The number of rotatable bonds is 2. The van der Waals surface area contributed by atoms with E-state index in [2.05, 4.69) is 103 Å². The second kappa shape index (κ2) is 7.74. The predicted molar refractivity (Wildman–Crippen MR) is 153 cm³/mol. The summed E-state index contributed by atoms with van der Waals surface area (Å²) in [6, 6.07) is 41.8. The molecule has 0 aliphatic carbocycles. The van der Waals surface area contributed by atoms with Crippen molar-refractivity contribution in [3.05, 3.63) is 121 Å². The minimum atomic E-state index is 0.845. The molecule has 0 amide bonds. The van der Waals surface area contributed by atoms with Gasteiger partial charge in [0.1, 0.15) is 11.2 Å². The molecule has 3 nitrogen and oxygen atoms in total. The van der Waals surface area contributed by atoms with Crippen LogP contribution in [0.5, 0.6) is 0 Å². The smallest absolute Gasteiger partial charge is 0.144 e. The van der Waals surface area contributed by atoms with Gasteiger partial charge in [0.25, 0.3) is 0 Å². The molecule has 0 atom stereocenters. The summed E-state index contributed by atoms with van der Waals surface area (Å²) in [5.41, 5.74) is 6.29. The van der Waals surface area contributed by atoms with Crippen molar-refractivity contribution in [2.75, 3.05) is 0 Å². The fourth-order valence-corrected chi connectivity index (χ4v) is 5.59. The Kier molecular flexibility index (Phi) is 4.23. The van der Waals surface area contributed by atoms with Gasteiger partial charge in [-0.3, -0.25) is 0 Å². The Labute approximate surface area is 212 Å². The second-order valence-corrected chi connectivity index (χ2v) is 9.38. The maximum atomic E-state index is 6.46. The minimum Gasteiger partial charge on any atom is -0.455 e. The van der Waals surface area contributed by atoms with Gasteiger partial charge in [-0.05, 0) is 46.5 Å². The predicted octanol–water partition coefficient (Wildman–Crippen LogP) is 9.17. The van der Waals surface area contributed by atoms with Gasteiger partial charge in [0.2, 0.25) is 0 Å². The summed E-state index contributed by atoms with van der Waals surface area (Å²) < 4.78 is 6.46. The lowest BCUT2D eigenvalue weighted by atomic mass is 10.0. The fraction of sp³-hybridized carbons (Fsp3) is 0. The van der Waals surface area contributed by atoms with E-state index in [1.807, 2.05) is 18.2 Å². The zero-order valence-corrected chi connectivity index (χ0v) is 19.8. The van der Waals surface area contributed by atoms with Gasteiger partial charge in [-0.2, -0.15) is 0 Å². The lowest BCUT2D eigenvalue weighted by molar-refractivity contribution is 0.670. The molecule has 0 unspecified atom stereocenters. The summed E-state index contributed by atoms with van der Waals surface area (Å²) in [5, 5.41) is 8.08. The molecule has 5 aromatic carbocycles. The monoisotopic (exact) mass is 472 g/mol. The number of hydrogen-bond donors (Lipinski definition) is 0. The molecule has 0 aliphatic rings. The molecule has 37 heavy (non-hydrogen) atoms. The van der Waals surface area contributed by atoms with Crippen LogP contribution in [-0.4, -0.2) is 9.97 Å². The first kappa shape index (κ1) is 20.2. The molecule has 0 N–H and O–H groups in total. The van der Waals surface area contributed by atoms with Crippen LogP contribution in [0.2, 0.25) is 0 Å². The highest BCUT2D eigenvalue weighted by Gasteiger charge is 2.17. The number of pyridine rings is 2. The molecule has 0 radical (unpaired) electrons. The Balaban J connectivity index is 1.38. The van der Waals surface area contributed by atoms with Gasteiger partial charge < -0.3 is 4.42 Å². The van der Waals surface area contributed by atoms with E-state index in [-0.39, 0.29) is 0 Å². The van der Waals surface area contributed by atoms with Crippen molar-refractivity contribution in [2.45, 2.75) is 0 Å². The SMILES string of the molecule is c1cc(-c2nc3ccccc3c3ccccc23)nc(-c2cccc3c2oc2ccc4ccccc4c23)c1. The quantitative estimate of drug-likeness (QED) is 0.235. The number of benzene rings is 5. The molecular formula is C34H20N2O. The highest BCUT2D eigenvalue weighted by molar-refractivity contribution is 6.20. The van der Waals surface area contributed by atoms with Gasteiger partial charge in [0.05, 0.1) is 22.6 Å². The molecule has 0 saturated heterocycles. The Morgan fingerprint density at radius 3 is 2.08 bits per heavy atom. The molecule has 8 rings (SSSR count). The third-order valence-electron chi connectivity index (χ3n) is 7.26. The lowest BCUT2D eigenvalue weighted by Gasteiger charge is -2.10. The largest absolute Gasteiger partial charge is 0.455 e. The van der Waals surface area contributed by atoms with E-state index in [1.165, 1.54) is 16.2 Å². The highest BCUT2D eigenvalue weighted by Crippen LogP contribution is 2.39. The summed E-state index contributed by atoms with van der Waals surface area (Å²) in [5.74, 6) is 0. The molecule has 3 heterocycles. The minimum absolute atomic E-state index is 0.845.